The van der Waals surface area contributed by atoms with Gasteiger partial charge in [0, 0.05) is 5.02 Å². The van der Waals surface area contributed by atoms with Gasteiger partial charge in [-0.05, 0) is 25.0 Å². The van der Waals surface area contributed by atoms with Crippen LogP contribution in [-0.4, -0.2) is 11.1 Å². The van der Waals surface area contributed by atoms with E-state index in [4.69, 9.17) is 16.7 Å². The van der Waals surface area contributed by atoms with Gasteiger partial charge in [0.15, 0.2) is 0 Å². The molecule has 1 aromatic rings. The van der Waals surface area contributed by atoms with Crippen LogP contribution in [0.1, 0.15) is 21.9 Å². The first-order chi connectivity index (χ1) is 6.43. The fourth-order valence-corrected chi connectivity index (χ4v) is 1.81. The Bertz CT molecular complexity index is 377. The number of aryl methyl sites for hydroxylation is 2. The maximum absolute atomic E-state index is 10.7. The van der Waals surface area contributed by atoms with E-state index >= 15 is 0 Å². The smallest absolute Gasteiger partial charge is 0.320 e. The van der Waals surface area contributed by atoms with Gasteiger partial charge in [0.1, 0.15) is 5.25 Å². The van der Waals surface area contributed by atoms with Crippen LogP contribution in [0.15, 0.2) is 12.1 Å². The van der Waals surface area contributed by atoms with Gasteiger partial charge < -0.3 is 5.11 Å². The van der Waals surface area contributed by atoms with Crippen molar-refractivity contribution in [2.75, 3.05) is 0 Å². The van der Waals surface area contributed by atoms with Gasteiger partial charge in [-0.15, -0.1) is 0 Å². The lowest BCUT2D eigenvalue weighted by Crippen LogP contribution is -2.06. The predicted molar refractivity (Wildman–Crippen MR) is 60.3 cm³/mol. The summed E-state index contributed by atoms with van der Waals surface area (Å²) in [4.78, 5) is 10.7. The molecule has 0 saturated heterocycles. The van der Waals surface area contributed by atoms with Crippen molar-refractivity contribution in [3.8, 4) is 0 Å². The maximum atomic E-state index is 10.7. The second-order valence-electron chi connectivity index (χ2n) is 3.23. The Morgan fingerprint density at radius 3 is 2.57 bits per heavy atom. The quantitative estimate of drug-likeness (QED) is 0.767. The van der Waals surface area contributed by atoms with Crippen molar-refractivity contribution >= 4 is 30.2 Å². The number of carboxylic acids is 1. The third-order valence-electron chi connectivity index (χ3n) is 1.96. The summed E-state index contributed by atoms with van der Waals surface area (Å²) >= 11 is 9.99. The van der Waals surface area contributed by atoms with Gasteiger partial charge in [-0.25, -0.2) is 0 Å². The zero-order chi connectivity index (χ0) is 10.9. The van der Waals surface area contributed by atoms with E-state index in [0.29, 0.717) is 10.6 Å². The zero-order valence-electron chi connectivity index (χ0n) is 7.91. The Morgan fingerprint density at radius 1 is 1.50 bits per heavy atom. The van der Waals surface area contributed by atoms with E-state index in [9.17, 15) is 4.79 Å². The highest BCUT2D eigenvalue weighted by atomic mass is 35.5. The number of aliphatic carboxylic acids is 1. The van der Waals surface area contributed by atoms with Crippen LogP contribution in [0, 0.1) is 13.8 Å². The van der Waals surface area contributed by atoms with Gasteiger partial charge in [0.25, 0.3) is 0 Å². The minimum atomic E-state index is -0.986. The zero-order valence-corrected chi connectivity index (χ0v) is 9.56. The van der Waals surface area contributed by atoms with Crippen LogP contribution in [0.3, 0.4) is 0 Å². The predicted octanol–water partition coefficient (Wildman–Crippen LogP) is 3.01. The van der Waals surface area contributed by atoms with Crippen molar-refractivity contribution in [2.45, 2.75) is 19.1 Å². The lowest BCUT2D eigenvalue weighted by Gasteiger charge is -2.11. The maximum Gasteiger partial charge on any atom is 0.320 e. The molecule has 0 radical (unpaired) electrons. The number of halogens is 1. The Morgan fingerprint density at radius 2 is 2.07 bits per heavy atom. The van der Waals surface area contributed by atoms with Crippen LogP contribution >= 0.6 is 24.2 Å². The molecule has 1 aromatic carbocycles. The lowest BCUT2D eigenvalue weighted by atomic mass is 10.0. The van der Waals surface area contributed by atoms with Crippen molar-refractivity contribution in [1.29, 1.82) is 0 Å². The normalized spacial score (nSPS) is 12.6. The van der Waals surface area contributed by atoms with Gasteiger partial charge in [-0.2, -0.15) is 12.6 Å². The Hall–Kier alpha value is -0.670. The summed E-state index contributed by atoms with van der Waals surface area (Å²) in [6.45, 7) is 3.75. The second kappa shape index (κ2) is 4.24. The molecule has 1 atom stereocenters. The van der Waals surface area contributed by atoms with Crippen molar-refractivity contribution in [2.24, 2.45) is 0 Å². The number of hydrogen-bond acceptors (Lipinski definition) is 2. The monoisotopic (exact) mass is 230 g/mol. The molecule has 2 nitrogen and oxygen atoms in total. The lowest BCUT2D eigenvalue weighted by molar-refractivity contribution is -0.136. The molecule has 76 valence electrons. The highest BCUT2D eigenvalue weighted by Crippen LogP contribution is 2.31. The molecule has 0 aliphatic carbocycles. The molecule has 1 unspecified atom stereocenters. The third-order valence-corrected chi connectivity index (χ3v) is 2.97. The molecule has 0 saturated carbocycles. The molecule has 0 heterocycles. The Kier molecular flexibility index (Phi) is 3.45. The molecule has 0 bridgehead atoms. The fourth-order valence-electron chi connectivity index (χ4n) is 1.31. The van der Waals surface area contributed by atoms with Crippen molar-refractivity contribution in [3.05, 3.63) is 33.8 Å². The average Bonchev–Trinajstić information content (AvgIpc) is 2.09. The Labute approximate surface area is 93.3 Å². The number of carboxylic acid groups (broad SMARTS) is 1. The first kappa shape index (κ1) is 11.4. The molecule has 0 aliphatic rings. The van der Waals surface area contributed by atoms with Crippen LogP contribution in [-0.2, 0) is 4.79 Å². The van der Waals surface area contributed by atoms with Crippen LogP contribution in [0.25, 0.3) is 0 Å². The van der Waals surface area contributed by atoms with E-state index in [-0.39, 0.29) is 0 Å². The van der Waals surface area contributed by atoms with Crippen LogP contribution in [0.2, 0.25) is 5.02 Å². The summed E-state index contributed by atoms with van der Waals surface area (Å²) in [5.74, 6) is -0.986. The molecular formula is C10H11ClO2S. The van der Waals surface area contributed by atoms with Gasteiger partial charge in [-0.1, -0.05) is 29.3 Å². The van der Waals surface area contributed by atoms with Gasteiger partial charge in [0.2, 0.25) is 0 Å². The SMILES string of the molecule is Cc1cc(C)c(Cl)c(C(S)C(=O)O)c1. The summed E-state index contributed by atoms with van der Waals surface area (Å²) in [7, 11) is 0. The van der Waals surface area contributed by atoms with Gasteiger partial charge >= 0.3 is 5.97 Å². The van der Waals surface area contributed by atoms with Crippen LogP contribution < -0.4 is 0 Å². The minimum Gasteiger partial charge on any atom is -0.480 e. The van der Waals surface area contributed by atoms with Crippen molar-refractivity contribution < 1.29 is 9.90 Å². The van der Waals surface area contributed by atoms with Crippen molar-refractivity contribution in [1.82, 2.24) is 0 Å². The minimum absolute atomic E-state index is 0.484. The standard InChI is InChI=1S/C10H11ClO2S/c1-5-3-6(2)8(11)7(4-5)9(14)10(12)13/h3-4,9,14H,1-2H3,(H,12,13). The van der Waals surface area contributed by atoms with E-state index in [0.717, 1.165) is 11.1 Å². The highest BCUT2D eigenvalue weighted by molar-refractivity contribution is 7.81. The number of carbonyl (C=O) groups is 1. The van der Waals surface area contributed by atoms with E-state index < -0.39 is 11.2 Å². The topological polar surface area (TPSA) is 37.3 Å². The molecular weight excluding hydrogens is 220 g/mol. The molecule has 14 heavy (non-hydrogen) atoms. The number of benzene rings is 1. The van der Waals surface area contributed by atoms with E-state index in [1.807, 2.05) is 19.9 Å². The number of rotatable bonds is 2. The summed E-state index contributed by atoms with van der Waals surface area (Å²) in [5.41, 5.74) is 2.42. The highest BCUT2D eigenvalue weighted by Gasteiger charge is 2.19. The van der Waals surface area contributed by atoms with E-state index in [2.05, 4.69) is 12.6 Å². The second-order valence-corrected chi connectivity index (χ2v) is 4.12. The Balaban J connectivity index is 3.26. The first-order valence-electron chi connectivity index (χ1n) is 4.11. The number of thiol groups is 1. The summed E-state index contributed by atoms with van der Waals surface area (Å²) in [6.07, 6.45) is 0. The average molecular weight is 231 g/mol. The van der Waals surface area contributed by atoms with E-state index in [1.54, 1.807) is 6.07 Å². The molecule has 0 amide bonds. The summed E-state index contributed by atoms with van der Waals surface area (Å²) < 4.78 is 0. The molecule has 0 spiro atoms. The largest absolute Gasteiger partial charge is 0.480 e. The first-order valence-corrected chi connectivity index (χ1v) is 5.00. The number of hydrogen-bond donors (Lipinski definition) is 2. The van der Waals surface area contributed by atoms with Gasteiger partial charge in [-0.3, -0.25) is 4.79 Å². The summed E-state index contributed by atoms with van der Waals surface area (Å²) in [5, 5.41) is 8.43. The van der Waals surface area contributed by atoms with Crippen LogP contribution in [0.5, 0.6) is 0 Å². The molecule has 0 fully saturated rings. The molecule has 1 N–H and O–H groups in total. The molecule has 0 aliphatic heterocycles. The van der Waals surface area contributed by atoms with E-state index in [1.165, 1.54) is 0 Å². The van der Waals surface area contributed by atoms with Crippen LogP contribution in [0.4, 0.5) is 0 Å². The third kappa shape index (κ3) is 2.22. The molecule has 1 rings (SSSR count). The summed E-state index contributed by atoms with van der Waals surface area (Å²) in [6, 6.07) is 3.66. The molecule has 0 aromatic heterocycles. The fraction of sp³-hybridized carbons (Fsp3) is 0.300. The van der Waals surface area contributed by atoms with Crippen molar-refractivity contribution in [3.63, 3.8) is 0 Å². The molecule has 4 heteroatoms. The van der Waals surface area contributed by atoms with Gasteiger partial charge in [0.05, 0.1) is 0 Å².